The number of ether oxygens (including phenoxy) is 1. The molecule has 1 aromatic heterocycles. The number of aromatic hydroxyl groups is 1. The molecule has 0 unspecified atom stereocenters. The van der Waals surface area contributed by atoms with Crippen LogP contribution >= 0.6 is 11.6 Å². The average molecular weight is 496 g/mol. The largest absolute Gasteiger partial charge is 0.503 e. The molecule has 0 amide bonds. The molecule has 4 rings (SSSR count). The van der Waals surface area contributed by atoms with Crippen molar-refractivity contribution in [1.82, 2.24) is 9.88 Å². The van der Waals surface area contributed by atoms with Gasteiger partial charge in [-0.1, -0.05) is 24.6 Å². The molecule has 0 radical (unpaired) electrons. The molecule has 35 heavy (non-hydrogen) atoms. The van der Waals surface area contributed by atoms with Crippen LogP contribution in [0.15, 0.2) is 36.5 Å². The molecule has 0 spiro atoms. The predicted molar refractivity (Wildman–Crippen MR) is 143 cm³/mol. The Labute approximate surface area is 212 Å². The van der Waals surface area contributed by atoms with Crippen molar-refractivity contribution >= 4 is 34.0 Å². The van der Waals surface area contributed by atoms with Gasteiger partial charge in [0.25, 0.3) is 0 Å². The third-order valence-corrected chi connectivity index (χ3v) is 7.18. The molecule has 0 saturated heterocycles. The Balaban J connectivity index is 1.73. The van der Waals surface area contributed by atoms with Gasteiger partial charge in [0, 0.05) is 30.6 Å². The number of carbonyl (C=O) groups excluding carboxylic acids is 1. The molecule has 1 fully saturated rings. The minimum Gasteiger partial charge on any atom is -0.503 e. The van der Waals surface area contributed by atoms with Crippen LogP contribution in [0.5, 0.6) is 11.5 Å². The summed E-state index contributed by atoms with van der Waals surface area (Å²) in [6.07, 6.45) is 6.62. The van der Waals surface area contributed by atoms with Gasteiger partial charge < -0.3 is 20.1 Å². The summed E-state index contributed by atoms with van der Waals surface area (Å²) in [5.74, 6) is 1.02. The third kappa shape index (κ3) is 5.54. The number of ketones is 1. The van der Waals surface area contributed by atoms with E-state index in [1.165, 1.54) is 20.0 Å². The number of pyridine rings is 1. The van der Waals surface area contributed by atoms with Crippen molar-refractivity contribution in [3.8, 4) is 22.6 Å². The van der Waals surface area contributed by atoms with E-state index in [0.29, 0.717) is 23.8 Å². The highest BCUT2D eigenvalue weighted by atomic mass is 35.5. The highest BCUT2D eigenvalue weighted by Crippen LogP contribution is 2.40. The number of methoxy groups -OCH3 is 1. The van der Waals surface area contributed by atoms with Crippen molar-refractivity contribution in [3.05, 3.63) is 47.1 Å². The van der Waals surface area contributed by atoms with Gasteiger partial charge in [0.1, 0.15) is 0 Å². The minimum absolute atomic E-state index is 0.0722. The van der Waals surface area contributed by atoms with Gasteiger partial charge in [-0.05, 0) is 81.1 Å². The summed E-state index contributed by atoms with van der Waals surface area (Å²) in [6, 6.07) is 9.75. The Bertz CT molecular complexity index is 1220. The number of hydrogen-bond acceptors (Lipinski definition) is 6. The van der Waals surface area contributed by atoms with Gasteiger partial charge in [-0.2, -0.15) is 0 Å². The fourth-order valence-corrected chi connectivity index (χ4v) is 5.25. The highest BCUT2D eigenvalue weighted by molar-refractivity contribution is 6.32. The molecule has 1 saturated carbocycles. The number of nitrogens with zero attached hydrogens (tertiary/aromatic N) is 2. The maximum atomic E-state index is 12.9. The van der Waals surface area contributed by atoms with Gasteiger partial charge in [-0.3, -0.25) is 9.78 Å². The molecule has 0 aliphatic heterocycles. The Hall–Kier alpha value is -2.83. The number of nitrogens with one attached hydrogen (secondary N) is 1. The summed E-state index contributed by atoms with van der Waals surface area (Å²) in [4.78, 5) is 19.7. The molecule has 2 aromatic carbocycles. The molecule has 3 aromatic rings. The number of benzene rings is 2. The van der Waals surface area contributed by atoms with Crippen LogP contribution in [0.1, 0.15) is 49.4 Å². The van der Waals surface area contributed by atoms with Crippen LogP contribution in [0.25, 0.3) is 22.0 Å². The zero-order chi connectivity index (χ0) is 25.1. The van der Waals surface area contributed by atoms with Crippen LogP contribution in [0.4, 0.5) is 5.69 Å². The molecule has 6 nitrogen and oxygen atoms in total. The summed E-state index contributed by atoms with van der Waals surface area (Å²) in [6.45, 7) is 3.00. The van der Waals surface area contributed by atoms with E-state index in [9.17, 15) is 9.90 Å². The van der Waals surface area contributed by atoms with E-state index in [0.717, 1.165) is 53.0 Å². The minimum atomic E-state index is -0.0802. The lowest BCUT2D eigenvalue weighted by Crippen LogP contribution is -2.31. The number of rotatable bonds is 8. The van der Waals surface area contributed by atoms with Crippen molar-refractivity contribution in [2.75, 3.05) is 33.1 Å². The Morgan fingerprint density at radius 1 is 1.17 bits per heavy atom. The van der Waals surface area contributed by atoms with Crippen LogP contribution in [-0.4, -0.2) is 54.6 Å². The SMILES string of the molecule is CCC(=O)c1cnc2ccc(-c3cc(Cl)c(O)c(OC)c3)cc2c1N[C@H]1CC[C@H](CN(C)C)CC1. The second-order valence-corrected chi connectivity index (χ2v) is 10.1. The highest BCUT2D eigenvalue weighted by Gasteiger charge is 2.24. The summed E-state index contributed by atoms with van der Waals surface area (Å²) in [5, 5.41) is 15.0. The second-order valence-electron chi connectivity index (χ2n) is 9.69. The zero-order valence-corrected chi connectivity index (χ0v) is 21.7. The van der Waals surface area contributed by atoms with Gasteiger partial charge in [0.05, 0.1) is 28.9 Å². The van der Waals surface area contributed by atoms with Crippen molar-refractivity contribution in [2.24, 2.45) is 5.92 Å². The van der Waals surface area contributed by atoms with Crippen LogP contribution in [0.3, 0.4) is 0 Å². The molecule has 186 valence electrons. The quantitative estimate of drug-likeness (QED) is 0.352. The summed E-state index contributed by atoms with van der Waals surface area (Å²) in [7, 11) is 5.76. The Morgan fingerprint density at radius 3 is 2.57 bits per heavy atom. The standard InChI is InChI=1S/C28H34ClN3O3/c1-5-25(33)22-15-30-24-11-8-18(19-13-23(29)28(34)26(14-19)35-4)12-21(24)27(22)31-20-9-6-17(7-10-20)16-32(2)3/h8,11-15,17,20,34H,5-7,9-10,16H2,1-4H3,(H,30,31)/t17-,20-. The maximum absolute atomic E-state index is 12.9. The number of Topliss-reactive ketones (excluding diaryl/α,β-unsaturated/α-hetero) is 1. The van der Waals surface area contributed by atoms with Crippen molar-refractivity contribution in [1.29, 1.82) is 0 Å². The second kappa shape index (κ2) is 10.8. The lowest BCUT2D eigenvalue weighted by molar-refractivity contribution is 0.0988. The summed E-state index contributed by atoms with van der Waals surface area (Å²) in [5.41, 5.74) is 4.03. The normalized spacial score (nSPS) is 18.1. The number of anilines is 1. The number of carbonyl (C=O) groups is 1. The first-order valence-electron chi connectivity index (χ1n) is 12.2. The van der Waals surface area contributed by atoms with Gasteiger partial charge in [0.15, 0.2) is 17.3 Å². The van der Waals surface area contributed by atoms with E-state index in [1.54, 1.807) is 18.3 Å². The average Bonchev–Trinajstić information content (AvgIpc) is 2.85. The van der Waals surface area contributed by atoms with Gasteiger partial charge in [0.2, 0.25) is 0 Å². The zero-order valence-electron chi connectivity index (χ0n) is 20.9. The van der Waals surface area contributed by atoms with Crippen molar-refractivity contribution < 1.29 is 14.6 Å². The van der Waals surface area contributed by atoms with Crippen LogP contribution in [0.2, 0.25) is 5.02 Å². The number of fused-ring (bicyclic) bond motifs is 1. The smallest absolute Gasteiger partial charge is 0.176 e. The summed E-state index contributed by atoms with van der Waals surface area (Å²) < 4.78 is 5.29. The first kappa shape index (κ1) is 25.3. The number of hydrogen-bond donors (Lipinski definition) is 2. The van der Waals surface area contributed by atoms with E-state index in [4.69, 9.17) is 16.3 Å². The summed E-state index contributed by atoms with van der Waals surface area (Å²) >= 11 is 6.25. The lowest BCUT2D eigenvalue weighted by Gasteiger charge is -2.32. The van der Waals surface area contributed by atoms with Crippen LogP contribution in [0, 0.1) is 5.92 Å². The van der Waals surface area contributed by atoms with E-state index < -0.39 is 0 Å². The van der Waals surface area contributed by atoms with Crippen molar-refractivity contribution in [2.45, 2.75) is 45.1 Å². The molecular formula is C28H34ClN3O3. The van der Waals surface area contributed by atoms with E-state index in [1.807, 2.05) is 25.1 Å². The van der Waals surface area contributed by atoms with Crippen LogP contribution in [-0.2, 0) is 0 Å². The molecule has 1 aliphatic carbocycles. The number of halogens is 1. The maximum Gasteiger partial charge on any atom is 0.176 e. The number of phenolic OH excluding ortho intramolecular Hbond substituents is 1. The number of aromatic nitrogens is 1. The van der Waals surface area contributed by atoms with Gasteiger partial charge in [-0.15, -0.1) is 0 Å². The van der Waals surface area contributed by atoms with E-state index >= 15 is 0 Å². The predicted octanol–water partition coefficient (Wildman–Crippen LogP) is 6.39. The molecule has 0 bridgehead atoms. The fraction of sp³-hybridized carbons (Fsp3) is 0.429. The Morgan fingerprint density at radius 2 is 1.91 bits per heavy atom. The molecular weight excluding hydrogens is 462 g/mol. The van der Waals surface area contributed by atoms with E-state index in [2.05, 4.69) is 29.3 Å². The van der Waals surface area contributed by atoms with Crippen LogP contribution < -0.4 is 10.1 Å². The molecule has 7 heteroatoms. The molecule has 1 aliphatic rings. The monoisotopic (exact) mass is 495 g/mol. The van der Waals surface area contributed by atoms with E-state index in [-0.39, 0.29) is 16.6 Å². The Kier molecular flexibility index (Phi) is 7.82. The molecule has 0 atom stereocenters. The van der Waals surface area contributed by atoms with Gasteiger partial charge in [-0.25, -0.2) is 0 Å². The fourth-order valence-electron chi connectivity index (χ4n) is 5.04. The number of phenols is 1. The topological polar surface area (TPSA) is 74.7 Å². The first-order chi connectivity index (χ1) is 16.8. The molecule has 1 heterocycles. The van der Waals surface area contributed by atoms with Gasteiger partial charge >= 0.3 is 0 Å². The van der Waals surface area contributed by atoms with Crippen molar-refractivity contribution in [3.63, 3.8) is 0 Å². The lowest BCUT2D eigenvalue weighted by atomic mass is 9.85. The first-order valence-corrected chi connectivity index (χ1v) is 12.6. The third-order valence-electron chi connectivity index (χ3n) is 6.89. The molecule has 2 N–H and O–H groups in total.